The van der Waals surface area contributed by atoms with Crippen molar-refractivity contribution in [2.75, 3.05) is 5.32 Å². The third kappa shape index (κ3) is 3.05. The van der Waals surface area contributed by atoms with Gasteiger partial charge in [0.25, 0.3) is 11.6 Å². The summed E-state index contributed by atoms with van der Waals surface area (Å²) in [6.07, 6.45) is -4.65. The summed E-state index contributed by atoms with van der Waals surface area (Å²) < 4.78 is 38.4. The molecule has 0 aliphatic rings. The molecule has 0 fully saturated rings. The van der Waals surface area contributed by atoms with Crippen LogP contribution >= 0.6 is 0 Å². The number of aromatic nitrogens is 2. The van der Waals surface area contributed by atoms with Crippen LogP contribution in [0.4, 0.5) is 24.5 Å². The Balaban J connectivity index is 2.29. The normalized spacial score (nSPS) is 11.3. The molecule has 0 spiro atoms. The van der Waals surface area contributed by atoms with Crippen LogP contribution < -0.4 is 5.32 Å². The minimum atomic E-state index is -4.65. The molecule has 1 aromatic heterocycles. The molecule has 2 rings (SSSR count). The zero-order valence-electron chi connectivity index (χ0n) is 11.1. The number of aryl methyl sites for hydroxylation is 1. The first-order valence-electron chi connectivity index (χ1n) is 5.86. The largest absolute Gasteiger partial charge is 0.433 e. The molecule has 0 aliphatic heterocycles. The van der Waals surface area contributed by atoms with E-state index in [1.54, 1.807) is 0 Å². The highest BCUT2D eigenvalue weighted by Gasteiger charge is 2.35. The van der Waals surface area contributed by atoms with Gasteiger partial charge in [0.15, 0.2) is 5.69 Å². The standard InChI is InChI=1S/C12H9F3N4O3/c1-18-10(12(13,14)15)6-8(17-18)11(20)16-7-4-2-3-5-9(7)19(21)22/h2-6H,1H3,(H,16,20). The van der Waals surface area contributed by atoms with Gasteiger partial charge in [0.2, 0.25) is 0 Å². The molecule has 0 unspecified atom stereocenters. The fraction of sp³-hybridized carbons (Fsp3) is 0.167. The number of carbonyl (C=O) groups is 1. The van der Waals surface area contributed by atoms with Crippen molar-refractivity contribution in [1.29, 1.82) is 0 Å². The molecule has 0 radical (unpaired) electrons. The van der Waals surface area contributed by atoms with E-state index in [9.17, 15) is 28.1 Å². The summed E-state index contributed by atoms with van der Waals surface area (Å²) in [4.78, 5) is 22.0. The predicted octanol–water partition coefficient (Wildman–Crippen LogP) is 2.60. The lowest BCUT2D eigenvalue weighted by atomic mass is 10.2. The topological polar surface area (TPSA) is 90.1 Å². The molecule has 0 atom stereocenters. The molecule has 0 aliphatic carbocycles. The smallest absolute Gasteiger partial charge is 0.315 e. The van der Waals surface area contributed by atoms with E-state index < -0.39 is 28.4 Å². The number of nitrogens with one attached hydrogen (secondary N) is 1. The molecule has 1 amide bonds. The van der Waals surface area contributed by atoms with Gasteiger partial charge in [-0.25, -0.2) is 0 Å². The fourth-order valence-electron chi connectivity index (χ4n) is 1.77. The Morgan fingerprint density at radius 2 is 2.00 bits per heavy atom. The molecule has 0 saturated heterocycles. The number of hydrogen-bond acceptors (Lipinski definition) is 4. The van der Waals surface area contributed by atoms with E-state index in [4.69, 9.17) is 0 Å². The molecule has 2 aromatic rings. The van der Waals surface area contributed by atoms with Gasteiger partial charge in [0.1, 0.15) is 11.4 Å². The third-order valence-corrected chi connectivity index (χ3v) is 2.75. The highest BCUT2D eigenvalue weighted by Crippen LogP contribution is 2.29. The van der Waals surface area contributed by atoms with Crippen LogP contribution in [0, 0.1) is 10.1 Å². The van der Waals surface area contributed by atoms with Crippen LogP contribution in [0.25, 0.3) is 0 Å². The molecule has 0 saturated carbocycles. The molecule has 10 heteroatoms. The van der Waals surface area contributed by atoms with Crippen LogP contribution in [0.15, 0.2) is 30.3 Å². The van der Waals surface area contributed by atoms with Gasteiger partial charge in [-0.05, 0) is 6.07 Å². The number of halogens is 3. The summed E-state index contributed by atoms with van der Waals surface area (Å²) >= 11 is 0. The molecular formula is C12H9F3N4O3. The lowest BCUT2D eigenvalue weighted by molar-refractivity contribution is -0.383. The Bertz CT molecular complexity index is 739. The number of nitro groups is 1. The number of alkyl halides is 3. The maximum atomic E-state index is 12.6. The van der Waals surface area contributed by atoms with Gasteiger partial charge in [0.05, 0.1) is 4.92 Å². The number of nitro benzene ring substituents is 1. The lowest BCUT2D eigenvalue weighted by Gasteiger charge is -2.04. The van der Waals surface area contributed by atoms with Crippen molar-refractivity contribution in [3.05, 3.63) is 51.8 Å². The van der Waals surface area contributed by atoms with Crippen LogP contribution in [0.5, 0.6) is 0 Å². The van der Waals surface area contributed by atoms with Crippen molar-refractivity contribution in [3.63, 3.8) is 0 Å². The lowest BCUT2D eigenvalue weighted by Crippen LogP contribution is -2.14. The number of nitrogens with zero attached hydrogens (tertiary/aromatic N) is 3. The van der Waals surface area contributed by atoms with E-state index >= 15 is 0 Å². The van der Waals surface area contributed by atoms with Crippen molar-refractivity contribution in [1.82, 2.24) is 9.78 Å². The number of benzene rings is 1. The second-order valence-corrected chi connectivity index (χ2v) is 4.26. The first kappa shape index (κ1) is 15.5. The molecule has 22 heavy (non-hydrogen) atoms. The van der Waals surface area contributed by atoms with Gasteiger partial charge in [-0.15, -0.1) is 0 Å². The molecule has 0 bridgehead atoms. The van der Waals surface area contributed by atoms with Crippen molar-refractivity contribution in [2.45, 2.75) is 6.18 Å². The van der Waals surface area contributed by atoms with E-state index in [2.05, 4.69) is 10.4 Å². The molecule has 1 heterocycles. The first-order chi connectivity index (χ1) is 10.2. The molecule has 7 nitrogen and oxygen atoms in total. The van der Waals surface area contributed by atoms with E-state index in [1.807, 2.05) is 0 Å². The second kappa shape index (κ2) is 5.47. The third-order valence-electron chi connectivity index (χ3n) is 2.75. The fourth-order valence-corrected chi connectivity index (χ4v) is 1.77. The average molecular weight is 314 g/mol. The predicted molar refractivity (Wildman–Crippen MR) is 69.3 cm³/mol. The number of para-hydroxylation sites is 2. The summed E-state index contributed by atoms with van der Waals surface area (Å²) in [6, 6.07) is 5.85. The number of amides is 1. The molecule has 116 valence electrons. The maximum Gasteiger partial charge on any atom is 0.433 e. The quantitative estimate of drug-likeness (QED) is 0.696. The van der Waals surface area contributed by atoms with Gasteiger partial charge in [-0.3, -0.25) is 19.6 Å². The highest BCUT2D eigenvalue weighted by atomic mass is 19.4. The van der Waals surface area contributed by atoms with Crippen LogP contribution in [-0.4, -0.2) is 20.6 Å². The minimum Gasteiger partial charge on any atom is -0.315 e. The second-order valence-electron chi connectivity index (χ2n) is 4.26. The Morgan fingerprint density at radius 3 is 2.55 bits per heavy atom. The Labute approximate surface area is 121 Å². The van der Waals surface area contributed by atoms with Crippen LogP contribution in [0.1, 0.15) is 16.2 Å². The van der Waals surface area contributed by atoms with Crippen LogP contribution in [-0.2, 0) is 13.2 Å². The number of hydrogen-bond donors (Lipinski definition) is 1. The van der Waals surface area contributed by atoms with Gasteiger partial charge in [0, 0.05) is 19.2 Å². The first-order valence-corrected chi connectivity index (χ1v) is 5.86. The van der Waals surface area contributed by atoms with E-state index in [0.29, 0.717) is 10.7 Å². The number of rotatable bonds is 3. The average Bonchev–Trinajstić information content (AvgIpc) is 2.81. The van der Waals surface area contributed by atoms with Gasteiger partial charge in [-0.2, -0.15) is 18.3 Å². The van der Waals surface area contributed by atoms with Crippen molar-refractivity contribution < 1.29 is 22.9 Å². The van der Waals surface area contributed by atoms with Crippen molar-refractivity contribution >= 4 is 17.3 Å². The summed E-state index contributed by atoms with van der Waals surface area (Å²) in [5, 5.41) is 16.5. The Kier molecular flexibility index (Phi) is 3.85. The van der Waals surface area contributed by atoms with Gasteiger partial charge in [-0.1, -0.05) is 12.1 Å². The molecule has 1 aromatic carbocycles. The SMILES string of the molecule is Cn1nc(C(=O)Nc2ccccc2[N+](=O)[O-])cc1C(F)(F)F. The summed E-state index contributed by atoms with van der Waals surface area (Å²) in [6.45, 7) is 0. The maximum absolute atomic E-state index is 12.6. The van der Waals surface area contributed by atoms with Crippen molar-refractivity contribution in [3.8, 4) is 0 Å². The summed E-state index contributed by atoms with van der Waals surface area (Å²) in [5.41, 5.74) is -2.09. The Hall–Kier alpha value is -2.91. The van der Waals surface area contributed by atoms with E-state index in [0.717, 1.165) is 13.1 Å². The van der Waals surface area contributed by atoms with E-state index in [-0.39, 0.29) is 11.4 Å². The zero-order valence-corrected chi connectivity index (χ0v) is 11.1. The molecule has 1 N–H and O–H groups in total. The van der Waals surface area contributed by atoms with E-state index in [1.165, 1.54) is 18.2 Å². The van der Waals surface area contributed by atoms with Crippen LogP contribution in [0.2, 0.25) is 0 Å². The Morgan fingerprint density at radius 1 is 1.36 bits per heavy atom. The number of anilines is 1. The van der Waals surface area contributed by atoms with Crippen molar-refractivity contribution in [2.24, 2.45) is 7.05 Å². The summed E-state index contributed by atoms with van der Waals surface area (Å²) in [5.74, 6) is -0.972. The summed E-state index contributed by atoms with van der Waals surface area (Å²) in [7, 11) is 1.05. The zero-order chi connectivity index (χ0) is 16.5. The van der Waals surface area contributed by atoms with Gasteiger partial charge >= 0.3 is 6.18 Å². The van der Waals surface area contributed by atoms with Crippen LogP contribution in [0.3, 0.4) is 0 Å². The highest BCUT2D eigenvalue weighted by molar-refractivity contribution is 6.04. The number of carbonyl (C=O) groups excluding carboxylic acids is 1. The minimum absolute atomic E-state index is 0.128. The van der Waals surface area contributed by atoms with Gasteiger partial charge < -0.3 is 5.32 Å². The monoisotopic (exact) mass is 314 g/mol. The molecular weight excluding hydrogens is 305 g/mol.